The summed E-state index contributed by atoms with van der Waals surface area (Å²) in [7, 11) is 0. The van der Waals surface area contributed by atoms with Crippen LogP contribution >= 0.6 is 0 Å². The van der Waals surface area contributed by atoms with Crippen molar-refractivity contribution in [3.05, 3.63) is 29.3 Å². The van der Waals surface area contributed by atoms with E-state index in [4.69, 9.17) is 0 Å². The molecule has 0 amide bonds. The Hall–Kier alpha value is 0.0187. The van der Waals surface area contributed by atoms with Crippen molar-refractivity contribution in [1.82, 2.24) is 0 Å². The third-order valence-corrected chi connectivity index (χ3v) is 8.57. The summed E-state index contributed by atoms with van der Waals surface area (Å²) < 4.78 is 1.68. The van der Waals surface area contributed by atoms with Crippen LogP contribution in [0.25, 0.3) is 0 Å². The van der Waals surface area contributed by atoms with E-state index in [0.717, 1.165) is 0 Å². The van der Waals surface area contributed by atoms with Gasteiger partial charge in [0.25, 0.3) is 0 Å². The van der Waals surface area contributed by atoms with E-state index in [1.807, 2.05) is 0 Å². The molecule has 1 aromatic rings. The Kier molecular flexibility index (Phi) is 1.98. The molecule has 0 spiro atoms. The molecule has 2 rings (SSSR count). The third kappa shape index (κ3) is 1.41. The van der Waals surface area contributed by atoms with Crippen LogP contribution in [0.3, 0.4) is 0 Å². The summed E-state index contributed by atoms with van der Waals surface area (Å²) in [6.45, 7) is 0. The standard InChI is InChI=1S/C8H7.3CH3.Sn/c1-2-4-8-6-5-7(8)3-1;;;;/h1,3-4H,5-6H2;3*1H3;. The number of fused-ring (bicyclic) bond motifs is 1. The molecule has 0 N–H and O–H groups in total. The molecule has 0 radical (unpaired) electrons. The van der Waals surface area contributed by atoms with Crippen LogP contribution < -0.4 is 3.58 Å². The normalized spacial score (nSPS) is 15.2. The molecule has 0 saturated carbocycles. The van der Waals surface area contributed by atoms with Crippen molar-refractivity contribution in [2.75, 3.05) is 0 Å². The van der Waals surface area contributed by atoms with Gasteiger partial charge in [-0.15, -0.1) is 0 Å². The van der Waals surface area contributed by atoms with Gasteiger partial charge >= 0.3 is 78.9 Å². The van der Waals surface area contributed by atoms with Gasteiger partial charge in [0.2, 0.25) is 0 Å². The summed E-state index contributed by atoms with van der Waals surface area (Å²) >= 11 is -1.75. The molecule has 0 saturated heterocycles. The van der Waals surface area contributed by atoms with Gasteiger partial charge in [0.1, 0.15) is 0 Å². The van der Waals surface area contributed by atoms with Crippen molar-refractivity contribution in [2.24, 2.45) is 0 Å². The second kappa shape index (κ2) is 2.76. The fraction of sp³-hybridized carbons (Fsp3) is 0.455. The van der Waals surface area contributed by atoms with Crippen molar-refractivity contribution in [3.8, 4) is 0 Å². The fourth-order valence-corrected chi connectivity index (χ4v) is 5.06. The summed E-state index contributed by atoms with van der Waals surface area (Å²) in [6.07, 6.45) is 2.64. The molecule has 0 unspecified atom stereocenters. The number of rotatable bonds is 1. The Balaban J connectivity index is 2.42. The molecule has 1 aliphatic rings. The second-order valence-electron chi connectivity index (χ2n) is 4.73. The topological polar surface area (TPSA) is 0 Å². The Morgan fingerprint density at radius 3 is 2.08 bits per heavy atom. The van der Waals surface area contributed by atoms with Crippen molar-refractivity contribution < 1.29 is 0 Å². The molecule has 1 aliphatic carbocycles. The van der Waals surface area contributed by atoms with E-state index in [0.29, 0.717) is 0 Å². The molecular weight excluding hydrogens is 251 g/mol. The minimum absolute atomic E-state index is 1.31. The summed E-state index contributed by atoms with van der Waals surface area (Å²) in [5.74, 6) is 0. The molecule has 0 heterocycles. The molecular formula is C11H16Sn. The van der Waals surface area contributed by atoms with E-state index in [9.17, 15) is 0 Å². The Labute approximate surface area is 78.9 Å². The molecule has 0 aliphatic heterocycles. The van der Waals surface area contributed by atoms with E-state index in [-0.39, 0.29) is 0 Å². The van der Waals surface area contributed by atoms with Crippen LogP contribution in [-0.4, -0.2) is 18.4 Å². The van der Waals surface area contributed by atoms with E-state index in [1.165, 1.54) is 12.8 Å². The summed E-state index contributed by atoms with van der Waals surface area (Å²) in [4.78, 5) is 7.44. The van der Waals surface area contributed by atoms with Crippen LogP contribution in [0.1, 0.15) is 11.1 Å². The Morgan fingerprint density at radius 2 is 1.67 bits per heavy atom. The van der Waals surface area contributed by atoms with Gasteiger partial charge in [-0.2, -0.15) is 0 Å². The van der Waals surface area contributed by atoms with Gasteiger partial charge in [0.15, 0.2) is 0 Å². The predicted octanol–water partition coefficient (Wildman–Crippen LogP) is 2.33. The average Bonchev–Trinajstić information content (AvgIpc) is 1.89. The monoisotopic (exact) mass is 268 g/mol. The molecule has 0 aromatic heterocycles. The first-order valence-corrected chi connectivity index (χ1v) is 14.7. The van der Waals surface area contributed by atoms with Crippen LogP contribution in [-0.2, 0) is 12.8 Å². The summed E-state index contributed by atoms with van der Waals surface area (Å²) in [5, 5.41) is 0. The van der Waals surface area contributed by atoms with Crippen molar-refractivity contribution in [2.45, 2.75) is 27.7 Å². The van der Waals surface area contributed by atoms with Crippen LogP contribution in [0.4, 0.5) is 0 Å². The van der Waals surface area contributed by atoms with Crippen LogP contribution in [0.5, 0.6) is 0 Å². The van der Waals surface area contributed by atoms with E-state index in [1.54, 1.807) is 14.7 Å². The molecule has 12 heavy (non-hydrogen) atoms. The predicted molar refractivity (Wildman–Crippen MR) is 56.8 cm³/mol. The Morgan fingerprint density at radius 1 is 1.00 bits per heavy atom. The molecule has 1 heteroatoms. The van der Waals surface area contributed by atoms with Gasteiger partial charge < -0.3 is 0 Å². The molecule has 64 valence electrons. The van der Waals surface area contributed by atoms with Gasteiger partial charge in [-0.3, -0.25) is 0 Å². The van der Waals surface area contributed by atoms with Crippen LogP contribution in [0, 0.1) is 0 Å². The first kappa shape index (κ1) is 8.61. The molecule has 0 atom stereocenters. The molecule has 0 bridgehead atoms. The maximum absolute atomic E-state index is 2.48. The third-order valence-electron chi connectivity index (χ3n) is 2.74. The second-order valence-corrected chi connectivity index (χ2v) is 19.2. The first-order chi connectivity index (χ1) is 5.57. The number of hydrogen-bond donors (Lipinski definition) is 0. The summed E-state index contributed by atoms with van der Waals surface area (Å²) in [6, 6.07) is 7.18. The van der Waals surface area contributed by atoms with E-state index >= 15 is 0 Å². The van der Waals surface area contributed by atoms with Gasteiger partial charge in [-0.05, 0) is 0 Å². The van der Waals surface area contributed by atoms with Gasteiger partial charge in [0, 0.05) is 0 Å². The molecule has 0 fully saturated rings. The zero-order chi connectivity index (χ0) is 8.77. The Bertz CT molecular complexity index is 307. The average molecular weight is 267 g/mol. The first-order valence-electron chi connectivity index (χ1n) is 4.70. The van der Waals surface area contributed by atoms with Gasteiger partial charge in [-0.1, -0.05) is 0 Å². The van der Waals surface area contributed by atoms with Crippen LogP contribution in [0.2, 0.25) is 14.8 Å². The molecule has 1 aromatic carbocycles. The van der Waals surface area contributed by atoms with Crippen molar-refractivity contribution in [1.29, 1.82) is 0 Å². The zero-order valence-corrected chi connectivity index (χ0v) is 11.0. The molecule has 0 nitrogen and oxygen atoms in total. The zero-order valence-electron chi connectivity index (χ0n) is 8.15. The van der Waals surface area contributed by atoms with Crippen molar-refractivity contribution >= 4 is 22.0 Å². The van der Waals surface area contributed by atoms with Crippen LogP contribution in [0.15, 0.2) is 18.2 Å². The van der Waals surface area contributed by atoms with Crippen molar-refractivity contribution in [3.63, 3.8) is 0 Å². The van der Waals surface area contributed by atoms with Gasteiger partial charge in [0.05, 0.1) is 0 Å². The van der Waals surface area contributed by atoms with E-state index < -0.39 is 18.4 Å². The number of hydrogen-bond acceptors (Lipinski definition) is 0. The van der Waals surface area contributed by atoms with E-state index in [2.05, 4.69) is 33.0 Å². The SMILES string of the molecule is [CH3][Sn]([CH3])([CH3])[c]1ccc2c(c1)CC2. The fourth-order valence-electron chi connectivity index (χ4n) is 1.66. The number of benzene rings is 1. The summed E-state index contributed by atoms with van der Waals surface area (Å²) in [5.41, 5.74) is 3.22. The van der Waals surface area contributed by atoms with Gasteiger partial charge in [-0.25, -0.2) is 0 Å². The number of aryl methyl sites for hydroxylation is 2. The minimum atomic E-state index is -1.75. The maximum atomic E-state index is 2.48. The quantitative estimate of drug-likeness (QED) is 0.685.